The molecule has 0 aliphatic rings. The van der Waals surface area contributed by atoms with Crippen LogP contribution in [0.5, 0.6) is 0 Å². The predicted molar refractivity (Wildman–Crippen MR) is 58.0 cm³/mol. The van der Waals surface area contributed by atoms with E-state index in [9.17, 15) is 10.0 Å². The van der Waals surface area contributed by atoms with Crippen molar-refractivity contribution in [2.45, 2.75) is 0 Å². The second-order valence-corrected chi connectivity index (χ2v) is 3.52. The van der Waals surface area contributed by atoms with Gasteiger partial charge in [-0.3, -0.25) is 4.79 Å². The molecule has 2 heterocycles. The molecular formula is C10H7N5O2. The van der Waals surface area contributed by atoms with Crippen molar-refractivity contribution in [1.82, 2.24) is 14.7 Å². The van der Waals surface area contributed by atoms with Crippen LogP contribution in [0.2, 0.25) is 0 Å². The third-order valence-electron chi connectivity index (χ3n) is 2.51. The van der Waals surface area contributed by atoms with E-state index in [1.165, 1.54) is 10.7 Å². The van der Waals surface area contributed by atoms with Gasteiger partial charge in [0.15, 0.2) is 0 Å². The number of hydrogen-bond donors (Lipinski definition) is 1. The number of carbonyl (C=O) groups excluding carboxylic acids is 1. The zero-order valence-corrected chi connectivity index (χ0v) is 8.57. The maximum atomic E-state index is 11.7. The van der Waals surface area contributed by atoms with Crippen LogP contribution in [-0.2, 0) is 0 Å². The molecule has 2 aromatic heterocycles. The maximum Gasteiger partial charge on any atom is 0.270 e. The van der Waals surface area contributed by atoms with Gasteiger partial charge in [-0.2, -0.15) is 5.10 Å². The van der Waals surface area contributed by atoms with Crippen molar-refractivity contribution in [1.29, 1.82) is 0 Å². The summed E-state index contributed by atoms with van der Waals surface area (Å²) in [7, 11) is 0. The quantitative estimate of drug-likeness (QED) is 0.453. The maximum absolute atomic E-state index is 11.7. The molecule has 3 rings (SSSR count). The Balaban J connectivity index is 2.54. The zero-order chi connectivity index (χ0) is 12.0. The van der Waals surface area contributed by atoms with Gasteiger partial charge in [0, 0.05) is 11.2 Å². The largest absolute Gasteiger partial charge is 0.594 e. The number of benzene rings is 1. The summed E-state index contributed by atoms with van der Waals surface area (Å²) >= 11 is 0. The number of nitrogens with zero attached hydrogens (tertiary/aromatic N) is 4. The molecule has 84 valence electrons. The van der Waals surface area contributed by atoms with Crippen LogP contribution in [0.15, 0.2) is 30.5 Å². The summed E-state index contributed by atoms with van der Waals surface area (Å²) < 4.78 is 1.42. The molecule has 0 saturated carbocycles. The van der Waals surface area contributed by atoms with E-state index in [4.69, 9.17) is 5.73 Å². The Bertz CT molecular complexity index is 749. The van der Waals surface area contributed by atoms with Gasteiger partial charge in [-0.25, -0.2) is 4.52 Å². The third kappa shape index (κ3) is 1.22. The first-order valence-corrected chi connectivity index (χ1v) is 4.84. The lowest BCUT2D eigenvalue weighted by Gasteiger charge is -2.00. The lowest BCUT2D eigenvalue weighted by atomic mass is 10.3. The van der Waals surface area contributed by atoms with Gasteiger partial charge in [0.25, 0.3) is 11.4 Å². The van der Waals surface area contributed by atoms with E-state index in [2.05, 4.69) is 10.2 Å². The predicted octanol–water partition coefficient (Wildman–Crippen LogP) is -0.385. The van der Waals surface area contributed by atoms with Gasteiger partial charge in [0.2, 0.25) is 5.65 Å². The van der Waals surface area contributed by atoms with E-state index in [0.717, 1.165) is 0 Å². The van der Waals surface area contributed by atoms with E-state index in [1.54, 1.807) is 24.3 Å². The highest BCUT2D eigenvalue weighted by atomic mass is 16.5. The van der Waals surface area contributed by atoms with Crippen LogP contribution in [0.4, 0.5) is 0 Å². The molecule has 2 N–H and O–H groups in total. The van der Waals surface area contributed by atoms with Crippen molar-refractivity contribution in [3.05, 3.63) is 41.2 Å². The number of amides is 1. The van der Waals surface area contributed by atoms with E-state index >= 15 is 0 Å². The summed E-state index contributed by atoms with van der Waals surface area (Å²) in [6.07, 6.45) is 1.30. The molecule has 0 aliphatic carbocycles. The first-order valence-electron chi connectivity index (χ1n) is 4.84. The molecule has 0 saturated heterocycles. The molecule has 0 spiro atoms. The van der Waals surface area contributed by atoms with E-state index < -0.39 is 5.91 Å². The summed E-state index contributed by atoms with van der Waals surface area (Å²) in [6.45, 7) is 0. The normalized spacial score (nSPS) is 11.1. The van der Waals surface area contributed by atoms with Crippen molar-refractivity contribution in [2.24, 2.45) is 5.73 Å². The highest BCUT2D eigenvalue weighted by Gasteiger charge is 2.18. The molecule has 0 radical (unpaired) electrons. The van der Waals surface area contributed by atoms with Crippen LogP contribution in [0, 0.1) is 5.21 Å². The minimum absolute atomic E-state index is 0.125. The standard InChI is InChI=1S/C10H7N5O2/c11-9(16)6-5-12-14-7-3-1-2-4-8(7)15(17)13-10(6)14/h1-5H,(H2,11,16). The molecule has 17 heavy (non-hydrogen) atoms. The molecule has 0 atom stereocenters. The van der Waals surface area contributed by atoms with Crippen LogP contribution in [0.3, 0.4) is 0 Å². The van der Waals surface area contributed by atoms with Crippen molar-refractivity contribution in [3.63, 3.8) is 0 Å². The molecular weight excluding hydrogens is 222 g/mol. The van der Waals surface area contributed by atoms with E-state index in [0.29, 0.717) is 15.9 Å². The highest BCUT2D eigenvalue weighted by Crippen LogP contribution is 2.13. The summed E-state index contributed by atoms with van der Waals surface area (Å²) in [6, 6.07) is 6.84. The first kappa shape index (κ1) is 9.52. The van der Waals surface area contributed by atoms with Gasteiger partial charge >= 0.3 is 0 Å². The molecule has 0 bridgehead atoms. The second kappa shape index (κ2) is 3.14. The fraction of sp³-hybridized carbons (Fsp3) is 0. The minimum Gasteiger partial charge on any atom is -0.594 e. The molecule has 7 nitrogen and oxygen atoms in total. The fourth-order valence-corrected chi connectivity index (χ4v) is 1.73. The number of hydrogen-bond acceptors (Lipinski definition) is 4. The zero-order valence-electron chi connectivity index (χ0n) is 8.57. The van der Waals surface area contributed by atoms with Gasteiger partial charge in [-0.05, 0) is 10.9 Å². The Morgan fingerprint density at radius 1 is 1.41 bits per heavy atom. The average Bonchev–Trinajstić information content (AvgIpc) is 2.73. The van der Waals surface area contributed by atoms with Crippen molar-refractivity contribution >= 4 is 22.6 Å². The molecule has 3 aromatic rings. The summed E-state index contributed by atoms with van der Waals surface area (Å²) in [5.74, 6) is -0.664. The van der Waals surface area contributed by atoms with Gasteiger partial charge in [0.05, 0.1) is 6.20 Å². The van der Waals surface area contributed by atoms with E-state index in [-0.39, 0.29) is 11.2 Å². The lowest BCUT2D eigenvalue weighted by Crippen LogP contribution is -2.33. The van der Waals surface area contributed by atoms with Gasteiger partial charge in [-0.15, -0.1) is 0 Å². The number of nitrogens with two attached hydrogens (primary N) is 1. The lowest BCUT2D eigenvalue weighted by molar-refractivity contribution is -0.640. The molecule has 1 aromatic carbocycles. The molecule has 7 heteroatoms. The number of aromatic nitrogens is 4. The third-order valence-corrected chi connectivity index (χ3v) is 2.51. The van der Waals surface area contributed by atoms with Gasteiger partial charge in [0.1, 0.15) is 11.1 Å². The molecule has 0 fully saturated rings. The summed E-state index contributed by atoms with van der Waals surface area (Å²) in [4.78, 5) is 11.6. The monoisotopic (exact) mass is 229 g/mol. The van der Waals surface area contributed by atoms with Crippen LogP contribution in [-0.4, -0.2) is 20.6 Å². The Kier molecular flexibility index (Phi) is 1.76. The highest BCUT2D eigenvalue weighted by molar-refractivity contribution is 5.98. The van der Waals surface area contributed by atoms with E-state index in [1.807, 2.05) is 0 Å². The Morgan fingerprint density at radius 2 is 2.18 bits per heavy atom. The molecule has 0 unspecified atom stereocenters. The van der Waals surface area contributed by atoms with Crippen molar-refractivity contribution < 1.29 is 9.64 Å². The minimum atomic E-state index is -0.664. The van der Waals surface area contributed by atoms with Gasteiger partial charge < -0.3 is 10.9 Å². The molecule has 1 amide bonds. The average molecular weight is 229 g/mol. The molecule has 0 aliphatic heterocycles. The van der Waals surface area contributed by atoms with Crippen LogP contribution in [0.1, 0.15) is 10.4 Å². The number of para-hydroxylation sites is 2. The fourth-order valence-electron chi connectivity index (χ4n) is 1.73. The SMILES string of the molecule is NC(=O)c1cnn2c1n[n+]([O-])c1ccccc12. The second-order valence-electron chi connectivity index (χ2n) is 3.52. The topological polar surface area (TPSA) is 100 Å². The first-order chi connectivity index (χ1) is 8.18. The Hall–Kier alpha value is -2.70. The van der Waals surface area contributed by atoms with Crippen LogP contribution >= 0.6 is 0 Å². The van der Waals surface area contributed by atoms with Crippen LogP contribution in [0.25, 0.3) is 16.7 Å². The number of primary amides is 1. The number of rotatable bonds is 1. The Labute approximate surface area is 94.7 Å². The number of fused-ring (bicyclic) bond motifs is 3. The number of carbonyl (C=O) groups is 1. The van der Waals surface area contributed by atoms with Crippen molar-refractivity contribution in [3.8, 4) is 0 Å². The van der Waals surface area contributed by atoms with Gasteiger partial charge in [-0.1, -0.05) is 12.1 Å². The Morgan fingerprint density at radius 3 is 2.94 bits per heavy atom. The van der Waals surface area contributed by atoms with Crippen molar-refractivity contribution in [2.75, 3.05) is 0 Å². The smallest absolute Gasteiger partial charge is 0.270 e. The summed E-state index contributed by atoms with van der Waals surface area (Å²) in [5.41, 5.74) is 6.40. The van der Waals surface area contributed by atoms with Crippen LogP contribution < -0.4 is 10.6 Å². The summed E-state index contributed by atoms with van der Waals surface area (Å²) in [5, 5.41) is 19.4.